The lowest BCUT2D eigenvalue weighted by atomic mass is 10.2. The first kappa shape index (κ1) is 22.1. The van der Waals surface area contributed by atoms with E-state index in [1.165, 1.54) is 38.7 Å². The van der Waals surface area contributed by atoms with Crippen molar-refractivity contribution in [2.24, 2.45) is 0 Å². The van der Waals surface area contributed by atoms with E-state index < -0.39 is 10.0 Å². The Bertz CT molecular complexity index is 1150. The zero-order valence-electron chi connectivity index (χ0n) is 17.0. The summed E-state index contributed by atoms with van der Waals surface area (Å²) in [5.74, 6) is 1.24. The largest absolute Gasteiger partial charge is 0.493 e. The SMILES string of the molecule is COc1ccc(NC(=O)/C=C/c2ccc(S(=O)(=O)NCc3ccco3)cc2)cc1OC. The van der Waals surface area contributed by atoms with Gasteiger partial charge in [-0.3, -0.25) is 4.79 Å². The molecule has 3 rings (SSSR count). The van der Waals surface area contributed by atoms with Gasteiger partial charge in [0.05, 0.1) is 31.9 Å². The molecule has 0 bridgehead atoms. The molecule has 162 valence electrons. The van der Waals surface area contributed by atoms with Crippen molar-refractivity contribution in [3.63, 3.8) is 0 Å². The number of rotatable bonds is 9. The van der Waals surface area contributed by atoms with Crippen LogP contribution in [0.1, 0.15) is 11.3 Å². The molecular formula is C22H22N2O6S. The van der Waals surface area contributed by atoms with Crippen LogP contribution in [-0.4, -0.2) is 28.5 Å². The molecule has 0 unspecified atom stereocenters. The third kappa shape index (κ3) is 5.97. The second-order valence-electron chi connectivity index (χ2n) is 6.37. The third-order valence-electron chi connectivity index (χ3n) is 4.29. The molecule has 0 aliphatic heterocycles. The number of carbonyl (C=O) groups is 1. The van der Waals surface area contributed by atoms with E-state index in [2.05, 4.69) is 10.0 Å². The summed E-state index contributed by atoms with van der Waals surface area (Å²) in [6, 6.07) is 14.6. The quantitative estimate of drug-likeness (QED) is 0.492. The lowest BCUT2D eigenvalue weighted by molar-refractivity contribution is -0.111. The fourth-order valence-electron chi connectivity index (χ4n) is 2.69. The predicted molar refractivity (Wildman–Crippen MR) is 116 cm³/mol. The van der Waals surface area contributed by atoms with Crippen LogP contribution in [0.15, 0.2) is 76.2 Å². The molecule has 0 fully saturated rings. The molecule has 0 saturated carbocycles. The summed E-state index contributed by atoms with van der Waals surface area (Å²) in [5.41, 5.74) is 1.23. The van der Waals surface area contributed by atoms with Crippen molar-refractivity contribution in [2.75, 3.05) is 19.5 Å². The molecule has 8 nitrogen and oxygen atoms in total. The number of amides is 1. The smallest absolute Gasteiger partial charge is 0.248 e. The Hall–Kier alpha value is -3.56. The summed E-state index contributed by atoms with van der Waals surface area (Å²) >= 11 is 0. The summed E-state index contributed by atoms with van der Waals surface area (Å²) in [6.07, 6.45) is 4.42. The summed E-state index contributed by atoms with van der Waals surface area (Å²) in [7, 11) is -0.627. The molecule has 1 aromatic heterocycles. The molecule has 0 aliphatic rings. The zero-order chi connectivity index (χ0) is 22.3. The third-order valence-corrected chi connectivity index (χ3v) is 5.70. The lowest BCUT2D eigenvalue weighted by Crippen LogP contribution is -2.22. The molecule has 2 N–H and O–H groups in total. The summed E-state index contributed by atoms with van der Waals surface area (Å²) in [6.45, 7) is 0.0628. The highest BCUT2D eigenvalue weighted by atomic mass is 32.2. The van der Waals surface area contributed by atoms with Crippen molar-refractivity contribution >= 4 is 27.7 Å². The normalized spacial score (nSPS) is 11.4. The molecule has 9 heteroatoms. The second kappa shape index (κ2) is 9.96. The molecule has 0 spiro atoms. The van der Waals surface area contributed by atoms with Crippen molar-refractivity contribution in [3.05, 3.63) is 78.3 Å². The van der Waals surface area contributed by atoms with E-state index in [4.69, 9.17) is 13.9 Å². The minimum atomic E-state index is -3.67. The Morgan fingerprint density at radius 1 is 1.03 bits per heavy atom. The van der Waals surface area contributed by atoms with Gasteiger partial charge in [-0.2, -0.15) is 0 Å². The topological polar surface area (TPSA) is 107 Å². The number of hydrogen-bond donors (Lipinski definition) is 2. The Morgan fingerprint density at radius 3 is 2.42 bits per heavy atom. The Kier molecular flexibility index (Phi) is 7.11. The molecule has 0 radical (unpaired) electrons. The van der Waals surface area contributed by atoms with Crippen LogP contribution in [0.5, 0.6) is 11.5 Å². The van der Waals surface area contributed by atoms with Crippen LogP contribution < -0.4 is 19.5 Å². The van der Waals surface area contributed by atoms with Gasteiger partial charge in [0.1, 0.15) is 5.76 Å². The average molecular weight is 442 g/mol. The summed E-state index contributed by atoms with van der Waals surface area (Å²) in [4.78, 5) is 12.3. The van der Waals surface area contributed by atoms with Crippen LogP contribution in [0.25, 0.3) is 6.08 Å². The van der Waals surface area contributed by atoms with Gasteiger partial charge in [-0.05, 0) is 48.0 Å². The highest BCUT2D eigenvalue weighted by Crippen LogP contribution is 2.29. The van der Waals surface area contributed by atoms with Crippen LogP contribution >= 0.6 is 0 Å². The number of sulfonamides is 1. The van der Waals surface area contributed by atoms with Gasteiger partial charge in [-0.15, -0.1) is 0 Å². The first-order valence-corrected chi connectivity index (χ1v) is 10.7. The van der Waals surface area contributed by atoms with Gasteiger partial charge in [-0.25, -0.2) is 13.1 Å². The van der Waals surface area contributed by atoms with Crippen molar-refractivity contribution in [3.8, 4) is 11.5 Å². The summed E-state index contributed by atoms with van der Waals surface area (Å²) in [5, 5.41) is 2.73. The Balaban J connectivity index is 1.60. The van der Waals surface area contributed by atoms with Crippen LogP contribution in [0.4, 0.5) is 5.69 Å². The number of furan rings is 1. The highest BCUT2D eigenvalue weighted by Gasteiger charge is 2.14. The van der Waals surface area contributed by atoms with E-state index in [0.717, 1.165) is 0 Å². The van der Waals surface area contributed by atoms with Crippen LogP contribution in [0, 0.1) is 0 Å². The minimum Gasteiger partial charge on any atom is -0.493 e. The van der Waals surface area contributed by atoms with E-state index in [0.29, 0.717) is 28.5 Å². The number of hydrogen-bond acceptors (Lipinski definition) is 6. The van der Waals surface area contributed by atoms with Crippen LogP contribution in [-0.2, 0) is 21.4 Å². The minimum absolute atomic E-state index is 0.0628. The molecule has 2 aromatic carbocycles. The van der Waals surface area contributed by atoms with Gasteiger partial charge in [-0.1, -0.05) is 12.1 Å². The monoisotopic (exact) mass is 442 g/mol. The zero-order valence-corrected chi connectivity index (χ0v) is 17.8. The molecule has 1 amide bonds. The van der Waals surface area contributed by atoms with E-state index in [9.17, 15) is 13.2 Å². The van der Waals surface area contributed by atoms with Gasteiger partial charge < -0.3 is 19.2 Å². The van der Waals surface area contributed by atoms with Crippen LogP contribution in [0.2, 0.25) is 0 Å². The van der Waals surface area contributed by atoms with E-state index in [1.54, 1.807) is 48.5 Å². The molecular weight excluding hydrogens is 420 g/mol. The average Bonchev–Trinajstić information content (AvgIpc) is 3.30. The molecule has 31 heavy (non-hydrogen) atoms. The van der Waals surface area contributed by atoms with Gasteiger partial charge >= 0.3 is 0 Å². The van der Waals surface area contributed by atoms with Crippen LogP contribution in [0.3, 0.4) is 0 Å². The maximum Gasteiger partial charge on any atom is 0.248 e. The molecule has 0 aliphatic carbocycles. The van der Waals surface area contributed by atoms with Gasteiger partial charge in [0.15, 0.2) is 11.5 Å². The lowest BCUT2D eigenvalue weighted by Gasteiger charge is -2.09. The predicted octanol–water partition coefficient (Wildman–Crippen LogP) is 3.43. The number of methoxy groups -OCH3 is 2. The number of ether oxygens (including phenoxy) is 2. The van der Waals surface area contributed by atoms with E-state index in [1.807, 2.05) is 0 Å². The van der Waals surface area contributed by atoms with Gasteiger partial charge in [0.2, 0.25) is 15.9 Å². The fraction of sp³-hybridized carbons (Fsp3) is 0.136. The molecule has 0 saturated heterocycles. The number of benzene rings is 2. The fourth-order valence-corrected chi connectivity index (χ4v) is 3.68. The maximum atomic E-state index is 12.4. The maximum absolute atomic E-state index is 12.4. The van der Waals surface area contributed by atoms with Crippen molar-refractivity contribution < 1.29 is 27.1 Å². The van der Waals surface area contributed by atoms with Crippen molar-refractivity contribution in [1.82, 2.24) is 4.72 Å². The first-order chi connectivity index (χ1) is 14.9. The second-order valence-corrected chi connectivity index (χ2v) is 8.13. The molecule has 1 heterocycles. The van der Waals surface area contributed by atoms with Gasteiger partial charge in [0, 0.05) is 17.8 Å². The molecule has 0 atom stereocenters. The number of anilines is 1. The molecule has 3 aromatic rings. The Labute approximate surface area is 180 Å². The highest BCUT2D eigenvalue weighted by molar-refractivity contribution is 7.89. The number of nitrogens with one attached hydrogen (secondary N) is 2. The first-order valence-electron chi connectivity index (χ1n) is 9.24. The van der Waals surface area contributed by atoms with Gasteiger partial charge in [0.25, 0.3) is 0 Å². The summed E-state index contributed by atoms with van der Waals surface area (Å²) < 4.78 is 42.7. The Morgan fingerprint density at radius 2 is 1.77 bits per heavy atom. The van der Waals surface area contributed by atoms with E-state index in [-0.39, 0.29) is 17.3 Å². The standard InChI is InChI=1S/C22H22N2O6S/c1-28-20-11-8-17(14-21(20)29-2)24-22(25)12-7-16-5-9-19(10-6-16)31(26,27)23-15-18-4-3-13-30-18/h3-14,23H,15H2,1-2H3,(H,24,25)/b12-7+. The number of carbonyl (C=O) groups excluding carboxylic acids is 1. The van der Waals surface area contributed by atoms with E-state index >= 15 is 0 Å². The van der Waals surface area contributed by atoms with Crippen molar-refractivity contribution in [2.45, 2.75) is 11.4 Å². The van der Waals surface area contributed by atoms with Crippen molar-refractivity contribution in [1.29, 1.82) is 0 Å².